The van der Waals surface area contributed by atoms with Gasteiger partial charge in [-0.05, 0) is 41.8 Å². The van der Waals surface area contributed by atoms with Gasteiger partial charge < -0.3 is 5.32 Å². The molecule has 8 nitrogen and oxygen atoms in total. The standard InChI is InChI=1S/C25H29N5O3S/c31-25-18-24(22-6-2-1-3-7-22)29(20-21-9-12-26-13-10-21)15-5-16-30(17-14-28-25)34(32,33)23-8-4-11-27-19-23/h1-4,6-13,19,24H,5,14-18,20H2,(H,28,31). The Hall–Kier alpha value is -3.14. The van der Waals surface area contributed by atoms with Gasteiger partial charge in [-0.2, -0.15) is 4.31 Å². The van der Waals surface area contributed by atoms with Crippen LogP contribution >= 0.6 is 0 Å². The minimum atomic E-state index is -3.71. The Morgan fingerprint density at radius 3 is 2.44 bits per heavy atom. The fourth-order valence-electron chi connectivity index (χ4n) is 4.22. The number of carbonyl (C=O) groups is 1. The summed E-state index contributed by atoms with van der Waals surface area (Å²) in [5.74, 6) is -0.103. The van der Waals surface area contributed by atoms with Crippen LogP contribution in [0, 0.1) is 0 Å². The molecule has 1 N–H and O–H groups in total. The Bertz CT molecular complexity index is 1160. The second-order valence-electron chi connectivity index (χ2n) is 8.25. The molecule has 0 radical (unpaired) electrons. The predicted octanol–water partition coefficient (Wildman–Crippen LogP) is 2.62. The summed E-state index contributed by atoms with van der Waals surface area (Å²) in [6, 6.07) is 17.0. The highest BCUT2D eigenvalue weighted by atomic mass is 32.2. The van der Waals surface area contributed by atoms with Crippen molar-refractivity contribution in [1.29, 1.82) is 0 Å². The molecule has 3 heterocycles. The van der Waals surface area contributed by atoms with Crippen molar-refractivity contribution in [3.63, 3.8) is 0 Å². The zero-order valence-corrected chi connectivity index (χ0v) is 19.8. The number of nitrogens with one attached hydrogen (secondary N) is 1. The lowest BCUT2D eigenvalue weighted by Crippen LogP contribution is -2.39. The van der Waals surface area contributed by atoms with E-state index in [1.165, 1.54) is 10.5 Å². The summed E-state index contributed by atoms with van der Waals surface area (Å²) < 4.78 is 27.9. The molecule has 2 aromatic heterocycles. The molecule has 0 bridgehead atoms. The Labute approximate surface area is 200 Å². The maximum absolute atomic E-state index is 13.2. The summed E-state index contributed by atoms with van der Waals surface area (Å²) in [4.78, 5) is 23.4. The highest BCUT2D eigenvalue weighted by molar-refractivity contribution is 7.89. The maximum atomic E-state index is 13.2. The normalized spacial score (nSPS) is 19.2. The number of sulfonamides is 1. The first kappa shape index (κ1) is 24.0. The van der Waals surface area contributed by atoms with Crippen LogP contribution in [0.2, 0.25) is 0 Å². The number of rotatable bonds is 5. The van der Waals surface area contributed by atoms with E-state index in [4.69, 9.17) is 0 Å². The van der Waals surface area contributed by atoms with E-state index in [1.807, 2.05) is 42.5 Å². The second kappa shape index (κ2) is 11.3. The third-order valence-corrected chi connectivity index (χ3v) is 7.83. The molecule has 0 spiro atoms. The van der Waals surface area contributed by atoms with Crippen LogP contribution in [-0.4, -0.2) is 59.7 Å². The maximum Gasteiger partial charge on any atom is 0.244 e. The molecule has 34 heavy (non-hydrogen) atoms. The van der Waals surface area contributed by atoms with Crippen molar-refractivity contribution in [2.24, 2.45) is 0 Å². The molecular weight excluding hydrogens is 450 g/mol. The lowest BCUT2D eigenvalue weighted by molar-refractivity contribution is -0.122. The highest BCUT2D eigenvalue weighted by Gasteiger charge is 2.28. The number of hydrogen-bond acceptors (Lipinski definition) is 6. The Morgan fingerprint density at radius 1 is 0.912 bits per heavy atom. The monoisotopic (exact) mass is 479 g/mol. The van der Waals surface area contributed by atoms with E-state index in [0.717, 1.165) is 11.1 Å². The molecule has 1 amide bonds. The topological polar surface area (TPSA) is 95.5 Å². The van der Waals surface area contributed by atoms with Crippen LogP contribution in [0.5, 0.6) is 0 Å². The van der Waals surface area contributed by atoms with E-state index in [0.29, 0.717) is 32.5 Å². The number of carbonyl (C=O) groups excluding carboxylic acids is 1. The highest BCUT2D eigenvalue weighted by Crippen LogP contribution is 2.27. The van der Waals surface area contributed by atoms with Crippen molar-refractivity contribution in [2.45, 2.75) is 30.3 Å². The van der Waals surface area contributed by atoms with E-state index in [-0.39, 0.29) is 29.9 Å². The summed E-state index contributed by atoms with van der Waals surface area (Å²) in [7, 11) is -3.71. The molecule has 0 aliphatic carbocycles. The molecule has 1 aromatic carbocycles. The van der Waals surface area contributed by atoms with Crippen molar-refractivity contribution in [3.05, 3.63) is 90.5 Å². The van der Waals surface area contributed by atoms with Crippen molar-refractivity contribution in [2.75, 3.05) is 26.2 Å². The molecule has 3 aromatic rings. The number of amides is 1. The van der Waals surface area contributed by atoms with Gasteiger partial charge in [-0.3, -0.25) is 19.7 Å². The number of hydrogen-bond donors (Lipinski definition) is 1. The molecule has 178 valence electrons. The predicted molar refractivity (Wildman–Crippen MR) is 129 cm³/mol. The van der Waals surface area contributed by atoms with Crippen LogP contribution in [0.4, 0.5) is 0 Å². The Morgan fingerprint density at radius 2 is 1.71 bits per heavy atom. The molecule has 0 saturated carbocycles. The van der Waals surface area contributed by atoms with Crippen LogP contribution in [-0.2, 0) is 21.4 Å². The summed E-state index contributed by atoms with van der Waals surface area (Å²) >= 11 is 0. The quantitative estimate of drug-likeness (QED) is 0.605. The summed E-state index contributed by atoms with van der Waals surface area (Å²) in [6.07, 6.45) is 7.35. The van der Waals surface area contributed by atoms with E-state index < -0.39 is 10.0 Å². The average Bonchev–Trinajstić information content (AvgIpc) is 2.90. The summed E-state index contributed by atoms with van der Waals surface area (Å²) in [6.45, 7) is 2.08. The molecule has 1 aliphatic heterocycles. The number of nitrogens with zero attached hydrogens (tertiary/aromatic N) is 4. The van der Waals surface area contributed by atoms with Gasteiger partial charge in [-0.15, -0.1) is 0 Å². The van der Waals surface area contributed by atoms with E-state index >= 15 is 0 Å². The number of pyridine rings is 2. The van der Waals surface area contributed by atoms with Gasteiger partial charge in [0, 0.05) is 70.0 Å². The fraction of sp³-hybridized carbons (Fsp3) is 0.320. The summed E-state index contributed by atoms with van der Waals surface area (Å²) in [5.41, 5.74) is 2.15. The molecule has 1 saturated heterocycles. The average molecular weight is 480 g/mol. The largest absolute Gasteiger partial charge is 0.355 e. The van der Waals surface area contributed by atoms with Crippen LogP contribution < -0.4 is 5.32 Å². The Kier molecular flexibility index (Phi) is 7.99. The van der Waals surface area contributed by atoms with E-state index in [9.17, 15) is 13.2 Å². The molecule has 4 rings (SSSR count). The molecule has 1 aliphatic rings. The zero-order chi connectivity index (χ0) is 23.8. The fourth-order valence-corrected chi connectivity index (χ4v) is 5.66. The Balaban J connectivity index is 1.61. The SMILES string of the molecule is O=C1CC(c2ccccc2)N(Cc2ccncc2)CCCN(S(=O)(=O)c2cccnc2)CCN1. The number of benzene rings is 1. The van der Waals surface area contributed by atoms with Gasteiger partial charge in [0.15, 0.2) is 0 Å². The zero-order valence-electron chi connectivity index (χ0n) is 19.0. The lowest BCUT2D eigenvalue weighted by Gasteiger charge is -2.32. The molecule has 9 heteroatoms. The van der Waals surface area contributed by atoms with Gasteiger partial charge in [-0.1, -0.05) is 30.3 Å². The third kappa shape index (κ3) is 6.05. The van der Waals surface area contributed by atoms with Gasteiger partial charge in [0.1, 0.15) is 4.90 Å². The first-order valence-electron chi connectivity index (χ1n) is 11.4. The lowest BCUT2D eigenvalue weighted by atomic mass is 10.0. The van der Waals surface area contributed by atoms with Crippen LogP contribution in [0.15, 0.2) is 84.3 Å². The van der Waals surface area contributed by atoms with Crippen molar-refractivity contribution in [1.82, 2.24) is 24.5 Å². The molecular formula is C25H29N5O3S. The van der Waals surface area contributed by atoms with Crippen LogP contribution in [0.3, 0.4) is 0 Å². The van der Waals surface area contributed by atoms with Crippen LogP contribution in [0.1, 0.15) is 30.0 Å². The van der Waals surface area contributed by atoms with E-state index in [2.05, 4.69) is 20.2 Å². The molecule has 1 unspecified atom stereocenters. The minimum Gasteiger partial charge on any atom is -0.355 e. The summed E-state index contributed by atoms with van der Waals surface area (Å²) in [5, 5.41) is 2.92. The first-order valence-corrected chi connectivity index (χ1v) is 12.8. The van der Waals surface area contributed by atoms with Gasteiger partial charge in [0.2, 0.25) is 15.9 Å². The van der Waals surface area contributed by atoms with Crippen molar-refractivity contribution in [3.8, 4) is 0 Å². The van der Waals surface area contributed by atoms with Crippen LogP contribution in [0.25, 0.3) is 0 Å². The third-order valence-electron chi connectivity index (χ3n) is 5.95. The van der Waals surface area contributed by atoms with Gasteiger partial charge >= 0.3 is 0 Å². The van der Waals surface area contributed by atoms with E-state index in [1.54, 1.807) is 30.7 Å². The van der Waals surface area contributed by atoms with Gasteiger partial charge in [0.25, 0.3) is 0 Å². The molecule has 1 fully saturated rings. The number of aromatic nitrogens is 2. The second-order valence-corrected chi connectivity index (χ2v) is 10.2. The smallest absolute Gasteiger partial charge is 0.244 e. The van der Waals surface area contributed by atoms with Gasteiger partial charge in [-0.25, -0.2) is 8.42 Å². The van der Waals surface area contributed by atoms with Crippen molar-refractivity contribution < 1.29 is 13.2 Å². The van der Waals surface area contributed by atoms with Gasteiger partial charge in [0.05, 0.1) is 0 Å². The van der Waals surface area contributed by atoms with Crippen molar-refractivity contribution >= 4 is 15.9 Å². The first-order chi connectivity index (χ1) is 16.5. The molecule has 1 atom stereocenters. The minimum absolute atomic E-state index is 0.103.